The average Bonchev–Trinajstić information content (AvgIpc) is 2.28. The fourth-order valence-corrected chi connectivity index (χ4v) is 0.971. The second kappa shape index (κ2) is 2.91. The summed E-state index contributed by atoms with van der Waals surface area (Å²) >= 11 is 5.15. The van der Waals surface area contributed by atoms with Crippen molar-refractivity contribution in [1.29, 1.82) is 0 Å². The first-order valence-electron chi connectivity index (χ1n) is 2.94. The summed E-state index contributed by atoms with van der Waals surface area (Å²) in [4.78, 5) is 13.6. The first kappa shape index (κ1) is 9.85. The maximum absolute atomic E-state index is 12.1. The molecule has 0 saturated carbocycles. The van der Waals surface area contributed by atoms with Crippen LogP contribution < -0.4 is 5.73 Å². The van der Waals surface area contributed by atoms with E-state index in [2.05, 4.69) is 10.7 Å². The molecule has 0 saturated heterocycles. The number of primary amides is 1. The lowest BCUT2D eigenvalue weighted by Gasteiger charge is -2.09. The van der Waals surface area contributed by atoms with Crippen molar-refractivity contribution in [3.8, 4) is 0 Å². The Labute approximate surface area is 75.1 Å². The molecule has 1 aromatic rings. The van der Waals surface area contributed by atoms with E-state index in [-0.39, 0.29) is 0 Å². The minimum atomic E-state index is -4.79. The van der Waals surface area contributed by atoms with Crippen molar-refractivity contribution in [3.63, 3.8) is 0 Å². The van der Waals surface area contributed by atoms with Crippen LogP contribution in [0.1, 0.15) is 10.6 Å². The van der Waals surface area contributed by atoms with Crippen LogP contribution in [0, 0.1) is 0 Å². The second-order valence-electron chi connectivity index (χ2n) is 2.07. The van der Waals surface area contributed by atoms with Gasteiger partial charge >= 0.3 is 6.30 Å². The fraction of sp³-hybridized carbons (Fsp3) is 0.200. The monoisotopic (exact) mass is 213 g/mol. The van der Waals surface area contributed by atoms with Crippen LogP contribution in [0.5, 0.6) is 0 Å². The number of nitrogens with two attached hydrogens (primary N) is 1. The van der Waals surface area contributed by atoms with Gasteiger partial charge in [-0.2, -0.15) is 0 Å². The minimum absolute atomic E-state index is 0.392. The molecule has 0 spiro atoms. The lowest BCUT2D eigenvalue weighted by molar-refractivity contribution is -0.204. The summed E-state index contributed by atoms with van der Waals surface area (Å²) in [5.74, 6) is -2.22. The van der Waals surface area contributed by atoms with Gasteiger partial charge in [0.05, 0.1) is 6.20 Å². The molecule has 0 radical (unpaired) electrons. The molecule has 4 nitrogen and oxygen atoms in total. The molecule has 2 N–H and O–H groups in total. The molecule has 13 heavy (non-hydrogen) atoms. The Balaban J connectivity index is 3.33. The maximum Gasteiger partial charge on any atom is 0.491 e. The number of carbonyl (C=O) groups is 1. The van der Waals surface area contributed by atoms with E-state index in [1.54, 1.807) is 0 Å². The van der Waals surface area contributed by atoms with Crippen LogP contribution in [0.3, 0.4) is 0 Å². The predicted molar refractivity (Wildman–Crippen MR) is 37.1 cm³/mol. The molecule has 1 amide bonds. The maximum atomic E-state index is 12.1. The number of hydrogen-bond acceptors (Lipinski definition) is 2. The summed E-state index contributed by atoms with van der Waals surface area (Å²) in [6.45, 7) is 0. The Morgan fingerprint density at radius 2 is 2.15 bits per heavy atom. The van der Waals surface area contributed by atoms with Crippen molar-refractivity contribution in [1.82, 2.24) is 9.55 Å². The van der Waals surface area contributed by atoms with Gasteiger partial charge in [-0.1, -0.05) is 11.6 Å². The van der Waals surface area contributed by atoms with Gasteiger partial charge in [0.25, 0.3) is 5.91 Å². The van der Waals surface area contributed by atoms with Gasteiger partial charge in [-0.3, -0.25) is 4.79 Å². The summed E-state index contributed by atoms with van der Waals surface area (Å²) in [6, 6.07) is 0. The molecule has 0 aliphatic carbocycles. The topological polar surface area (TPSA) is 60.9 Å². The highest BCUT2D eigenvalue weighted by molar-refractivity contribution is 6.29. The zero-order valence-electron chi connectivity index (χ0n) is 5.97. The number of rotatable bonds is 1. The number of nitrogens with zero attached hydrogens (tertiary/aromatic N) is 2. The smallest absolute Gasteiger partial charge is 0.363 e. The first-order chi connectivity index (χ1) is 5.84. The fourth-order valence-electron chi connectivity index (χ4n) is 0.746. The third-order valence-corrected chi connectivity index (χ3v) is 1.46. The molecule has 1 rings (SSSR count). The molecule has 72 valence electrons. The quantitative estimate of drug-likeness (QED) is 0.760. The number of halogens is 4. The Morgan fingerprint density at radius 1 is 1.62 bits per heavy atom. The van der Waals surface area contributed by atoms with E-state index in [1.807, 2.05) is 0 Å². The number of alkyl halides is 3. The molecule has 0 fully saturated rings. The van der Waals surface area contributed by atoms with Gasteiger partial charge in [0.2, 0.25) is 5.82 Å². The highest BCUT2D eigenvalue weighted by Gasteiger charge is 2.36. The summed E-state index contributed by atoms with van der Waals surface area (Å²) in [6.07, 6.45) is -4.09. The third kappa shape index (κ3) is 1.74. The van der Waals surface area contributed by atoms with Gasteiger partial charge < -0.3 is 5.73 Å². The molecule has 1 heterocycles. The normalized spacial score (nSPS) is 11.7. The van der Waals surface area contributed by atoms with Crippen molar-refractivity contribution < 1.29 is 18.0 Å². The van der Waals surface area contributed by atoms with Crippen LogP contribution in [-0.2, 0) is 6.30 Å². The Kier molecular flexibility index (Phi) is 2.21. The summed E-state index contributed by atoms with van der Waals surface area (Å²) in [5, 5.41) is -0.707. The lowest BCUT2D eigenvalue weighted by Crippen LogP contribution is -2.26. The molecule has 0 unspecified atom stereocenters. The van der Waals surface area contributed by atoms with Gasteiger partial charge in [-0.25, -0.2) is 9.55 Å². The SMILES string of the molecule is NC(=O)c1ncc(Cl)n1C(F)(F)F. The van der Waals surface area contributed by atoms with Gasteiger partial charge in [0, 0.05) is 0 Å². The van der Waals surface area contributed by atoms with E-state index < -0.39 is 27.8 Å². The van der Waals surface area contributed by atoms with Gasteiger partial charge in [0.1, 0.15) is 5.15 Å². The van der Waals surface area contributed by atoms with Crippen LogP contribution in [-0.4, -0.2) is 15.5 Å². The molecular formula is C5H3ClF3N3O. The van der Waals surface area contributed by atoms with Gasteiger partial charge in [-0.05, 0) is 0 Å². The molecule has 1 aromatic heterocycles. The van der Waals surface area contributed by atoms with Crippen LogP contribution in [0.15, 0.2) is 6.20 Å². The standard InChI is InChI=1S/C5H3ClF3N3O/c6-2-1-11-4(3(10)13)12(2)5(7,8)9/h1H,(H2,10,13). The lowest BCUT2D eigenvalue weighted by atomic mass is 10.6. The van der Waals surface area contributed by atoms with E-state index >= 15 is 0 Å². The zero-order valence-corrected chi connectivity index (χ0v) is 6.73. The predicted octanol–water partition coefficient (Wildman–Crippen LogP) is 1.11. The molecule has 0 bridgehead atoms. The van der Waals surface area contributed by atoms with E-state index in [0.717, 1.165) is 0 Å². The Hall–Kier alpha value is -1.24. The summed E-state index contributed by atoms with van der Waals surface area (Å²) in [7, 11) is 0. The molecular weight excluding hydrogens is 211 g/mol. The van der Waals surface area contributed by atoms with E-state index in [4.69, 9.17) is 11.6 Å². The molecule has 8 heteroatoms. The highest BCUT2D eigenvalue weighted by atomic mass is 35.5. The van der Waals surface area contributed by atoms with Crippen LogP contribution >= 0.6 is 11.6 Å². The number of carbonyl (C=O) groups excluding carboxylic acids is 1. The zero-order chi connectivity index (χ0) is 10.2. The molecule has 0 aromatic carbocycles. The number of imidazole rings is 1. The second-order valence-corrected chi connectivity index (χ2v) is 2.46. The Morgan fingerprint density at radius 3 is 2.46 bits per heavy atom. The average molecular weight is 214 g/mol. The van der Waals surface area contributed by atoms with E-state index in [9.17, 15) is 18.0 Å². The van der Waals surface area contributed by atoms with Gasteiger partial charge in [0.15, 0.2) is 0 Å². The first-order valence-corrected chi connectivity index (χ1v) is 3.32. The van der Waals surface area contributed by atoms with Crippen LogP contribution in [0.25, 0.3) is 0 Å². The number of hydrogen-bond donors (Lipinski definition) is 1. The van der Waals surface area contributed by atoms with Crippen molar-refractivity contribution in [2.75, 3.05) is 0 Å². The van der Waals surface area contributed by atoms with E-state index in [0.29, 0.717) is 6.20 Å². The van der Waals surface area contributed by atoms with Crippen molar-refractivity contribution in [2.24, 2.45) is 5.73 Å². The summed E-state index contributed by atoms with van der Waals surface area (Å²) in [5.41, 5.74) is 4.64. The number of aromatic nitrogens is 2. The third-order valence-electron chi connectivity index (χ3n) is 1.19. The van der Waals surface area contributed by atoms with Gasteiger partial charge in [-0.15, -0.1) is 13.2 Å². The minimum Gasteiger partial charge on any atom is -0.363 e. The van der Waals surface area contributed by atoms with Crippen LogP contribution in [0.4, 0.5) is 13.2 Å². The molecule has 0 aliphatic rings. The molecule has 0 atom stereocenters. The Bertz CT molecular complexity index is 345. The highest BCUT2D eigenvalue weighted by Crippen LogP contribution is 2.28. The molecule has 0 aliphatic heterocycles. The van der Waals surface area contributed by atoms with Crippen molar-refractivity contribution in [3.05, 3.63) is 17.2 Å². The largest absolute Gasteiger partial charge is 0.491 e. The van der Waals surface area contributed by atoms with Crippen molar-refractivity contribution in [2.45, 2.75) is 6.30 Å². The van der Waals surface area contributed by atoms with Crippen LogP contribution in [0.2, 0.25) is 5.15 Å². The van der Waals surface area contributed by atoms with E-state index in [1.165, 1.54) is 0 Å². The number of amides is 1. The summed E-state index contributed by atoms with van der Waals surface area (Å²) < 4.78 is 36.0. The van der Waals surface area contributed by atoms with Crippen molar-refractivity contribution >= 4 is 17.5 Å².